The van der Waals surface area contributed by atoms with E-state index < -0.39 is 6.10 Å². The van der Waals surface area contributed by atoms with Crippen molar-refractivity contribution < 1.29 is 14.6 Å². The number of hydrogen-bond donors (Lipinski definition) is 2. The van der Waals surface area contributed by atoms with Crippen molar-refractivity contribution in [3.05, 3.63) is 91.9 Å². The van der Waals surface area contributed by atoms with E-state index in [1.165, 1.54) is 0 Å². The molecule has 0 fully saturated rings. The van der Waals surface area contributed by atoms with Gasteiger partial charge in [-0.1, -0.05) is 59.6 Å². The molecule has 2 N–H and O–H groups in total. The number of halogens is 4. The molecule has 0 radical (unpaired) electrons. The highest BCUT2D eigenvalue weighted by Crippen LogP contribution is 2.37. The Morgan fingerprint density at radius 1 is 1.00 bits per heavy atom. The molecule has 166 valence electrons. The van der Waals surface area contributed by atoms with Gasteiger partial charge in [-0.05, 0) is 56.9 Å². The molecule has 8 heteroatoms. The van der Waals surface area contributed by atoms with Crippen molar-refractivity contribution in [2.24, 2.45) is 0 Å². The van der Waals surface area contributed by atoms with Crippen LogP contribution >= 0.6 is 51.5 Å². The number of aliphatic hydroxyl groups is 1. The molecule has 0 aliphatic rings. The Balaban J connectivity index is 0.00000341. The van der Waals surface area contributed by atoms with Gasteiger partial charge in [0.15, 0.2) is 11.5 Å². The maximum atomic E-state index is 10.3. The fraction of sp³-hybridized carbons (Fsp3) is 0.217. The summed E-state index contributed by atoms with van der Waals surface area (Å²) in [6.45, 7) is 1.35. The summed E-state index contributed by atoms with van der Waals surface area (Å²) in [7, 11) is 1.60. The minimum atomic E-state index is -0.564. The molecule has 3 aromatic carbocycles. The van der Waals surface area contributed by atoms with E-state index in [1.54, 1.807) is 19.2 Å². The van der Waals surface area contributed by atoms with E-state index in [0.717, 1.165) is 21.2 Å². The summed E-state index contributed by atoms with van der Waals surface area (Å²) in [6, 6.07) is 18.8. The van der Waals surface area contributed by atoms with Gasteiger partial charge in [0.2, 0.25) is 0 Å². The van der Waals surface area contributed by atoms with Gasteiger partial charge in [-0.15, -0.1) is 12.4 Å². The maximum Gasteiger partial charge on any atom is 0.175 e. The lowest BCUT2D eigenvalue weighted by molar-refractivity contribution is 0.174. The molecule has 31 heavy (non-hydrogen) atoms. The van der Waals surface area contributed by atoms with Crippen LogP contribution in [0.3, 0.4) is 0 Å². The zero-order valence-corrected chi connectivity index (χ0v) is 20.7. The van der Waals surface area contributed by atoms with Gasteiger partial charge >= 0.3 is 0 Å². The maximum absolute atomic E-state index is 10.3. The predicted octanol–water partition coefficient (Wildman–Crippen LogP) is 6.59. The largest absolute Gasteiger partial charge is 0.493 e. The van der Waals surface area contributed by atoms with Crippen LogP contribution in [-0.4, -0.2) is 18.8 Å². The summed E-state index contributed by atoms with van der Waals surface area (Å²) >= 11 is 15.6. The van der Waals surface area contributed by atoms with Gasteiger partial charge in [0.05, 0.1) is 27.7 Å². The lowest BCUT2D eigenvalue weighted by atomic mass is 10.1. The van der Waals surface area contributed by atoms with E-state index in [9.17, 15) is 5.11 Å². The summed E-state index contributed by atoms with van der Waals surface area (Å²) in [4.78, 5) is 0. The smallest absolute Gasteiger partial charge is 0.175 e. The molecule has 0 saturated heterocycles. The molecule has 0 spiro atoms. The summed E-state index contributed by atoms with van der Waals surface area (Å²) in [5.74, 6) is 1.22. The number of nitrogens with one attached hydrogen (secondary N) is 1. The van der Waals surface area contributed by atoms with Crippen LogP contribution in [0.25, 0.3) is 0 Å². The first-order valence-electron chi connectivity index (χ1n) is 9.34. The molecule has 1 atom stereocenters. The fourth-order valence-corrected chi connectivity index (χ4v) is 3.87. The molecule has 3 aromatic rings. The Kier molecular flexibility index (Phi) is 10.4. The summed E-state index contributed by atoms with van der Waals surface area (Å²) < 4.78 is 12.3. The Morgan fingerprint density at radius 2 is 1.74 bits per heavy atom. The SMILES string of the molecule is COc1cc(CNCC(O)c2ccccc2)cc(Br)c1OCc1ccc(Cl)c(Cl)c1.Cl. The number of aliphatic hydroxyl groups excluding tert-OH is 1. The standard InChI is InChI=1S/C23H22BrCl2NO3.ClH/c1-29-22-11-16(12-27-13-21(28)17-5-3-2-4-6-17)9-18(24)23(22)30-14-15-7-8-19(25)20(26)10-15;/h2-11,21,27-28H,12-14H2,1H3;1H. The highest BCUT2D eigenvalue weighted by atomic mass is 79.9. The van der Waals surface area contributed by atoms with Gasteiger partial charge in [0.1, 0.15) is 6.61 Å². The molecule has 0 heterocycles. The lowest BCUT2D eigenvalue weighted by Crippen LogP contribution is -2.21. The van der Waals surface area contributed by atoms with Gasteiger partial charge in [-0.25, -0.2) is 0 Å². The first-order valence-corrected chi connectivity index (χ1v) is 10.9. The Hall–Kier alpha value is -1.47. The van der Waals surface area contributed by atoms with E-state index in [-0.39, 0.29) is 12.4 Å². The zero-order chi connectivity index (χ0) is 21.5. The van der Waals surface area contributed by atoms with Crippen LogP contribution < -0.4 is 14.8 Å². The van der Waals surface area contributed by atoms with E-state index in [2.05, 4.69) is 21.2 Å². The third-order valence-electron chi connectivity index (χ3n) is 4.51. The van der Waals surface area contributed by atoms with Crippen molar-refractivity contribution in [2.75, 3.05) is 13.7 Å². The van der Waals surface area contributed by atoms with Crippen molar-refractivity contribution >= 4 is 51.5 Å². The number of methoxy groups -OCH3 is 1. The normalized spacial score (nSPS) is 11.5. The Labute approximate surface area is 207 Å². The van der Waals surface area contributed by atoms with Crippen LogP contribution in [0.4, 0.5) is 0 Å². The average Bonchev–Trinajstić information content (AvgIpc) is 2.75. The van der Waals surface area contributed by atoms with Crippen LogP contribution in [0.5, 0.6) is 11.5 Å². The van der Waals surface area contributed by atoms with Gasteiger partial charge in [0.25, 0.3) is 0 Å². The molecule has 3 rings (SSSR count). The summed E-state index contributed by atoms with van der Waals surface area (Å²) in [5, 5.41) is 14.5. The quantitative estimate of drug-likeness (QED) is 0.317. The third-order valence-corrected chi connectivity index (χ3v) is 5.84. The monoisotopic (exact) mass is 545 g/mol. The summed E-state index contributed by atoms with van der Waals surface area (Å²) in [6.07, 6.45) is -0.564. The molecule has 0 aromatic heterocycles. The number of benzene rings is 3. The second kappa shape index (κ2) is 12.5. The van der Waals surface area contributed by atoms with Gasteiger partial charge in [-0.2, -0.15) is 0 Å². The Morgan fingerprint density at radius 3 is 2.42 bits per heavy atom. The van der Waals surface area contributed by atoms with Crippen molar-refractivity contribution in [1.29, 1.82) is 0 Å². The van der Waals surface area contributed by atoms with Crippen LogP contribution in [0, 0.1) is 0 Å². The van der Waals surface area contributed by atoms with Crippen molar-refractivity contribution in [3.63, 3.8) is 0 Å². The molecule has 0 aliphatic heterocycles. The lowest BCUT2D eigenvalue weighted by Gasteiger charge is -2.16. The molecule has 0 saturated carbocycles. The van der Waals surface area contributed by atoms with Gasteiger partial charge in [-0.3, -0.25) is 0 Å². The molecule has 0 amide bonds. The average molecular weight is 548 g/mol. The number of ether oxygens (including phenoxy) is 2. The fourth-order valence-electron chi connectivity index (χ4n) is 2.95. The number of hydrogen-bond acceptors (Lipinski definition) is 4. The van der Waals surface area contributed by atoms with Gasteiger partial charge < -0.3 is 19.9 Å². The molecule has 1 unspecified atom stereocenters. The molecular weight excluding hydrogens is 525 g/mol. The van der Waals surface area contributed by atoms with Gasteiger partial charge in [0, 0.05) is 13.1 Å². The van der Waals surface area contributed by atoms with E-state index in [4.69, 9.17) is 32.7 Å². The molecule has 0 bridgehead atoms. The van der Waals surface area contributed by atoms with Crippen molar-refractivity contribution in [1.82, 2.24) is 5.32 Å². The second-order valence-electron chi connectivity index (χ2n) is 6.70. The van der Waals surface area contributed by atoms with Crippen LogP contribution in [0.15, 0.2) is 65.1 Å². The van der Waals surface area contributed by atoms with Crippen LogP contribution in [0.1, 0.15) is 22.8 Å². The van der Waals surface area contributed by atoms with E-state index in [1.807, 2.05) is 48.5 Å². The number of rotatable bonds is 9. The highest BCUT2D eigenvalue weighted by molar-refractivity contribution is 9.10. The molecule has 4 nitrogen and oxygen atoms in total. The first kappa shape index (κ1) is 25.8. The Bertz CT molecular complexity index is 989. The molecule has 0 aliphatic carbocycles. The minimum absolute atomic E-state index is 0. The summed E-state index contributed by atoms with van der Waals surface area (Å²) in [5.41, 5.74) is 2.79. The minimum Gasteiger partial charge on any atom is -0.493 e. The topological polar surface area (TPSA) is 50.7 Å². The molecular formula is C23H23BrCl3NO3. The first-order chi connectivity index (χ1) is 14.5. The van der Waals surface area contributed by atoms with Crippen molar-refractivity contribution in [3.8, 4) is 11.5 Å². The van der Waals surface area contributed by atoms with Crippen LogP contribution in [-0.2, 0) is 13.2 Å². The van der Waals surface area contributed by atoms with Crippen LogP contribution in [0.2, 0.25) is 10.0 Å². The highest BCUT2D eigenvalue weighted by Gasteiger charge is 2.13. The zero-order valence-electron chi connectivity index (χ0n) is 16.8. The van der Waals surface area contributed by atoms with E-state index in [0.29, 0.717) is 41.2 Å². The predicted molar refractivity (Wildman–Crippen MR) is 132 cm³/mol. The third kappa shape index (κ3) is 7.28. The second-order valence-corrected chi connectivity index (χ2v) is 8.37. The van der Waals surface area contributed by atoms with Crippen molar-refractivity contribution in [2.45, 2.75) is 19.3 Å². The van der Waals surface area contributed by atoms with E-state index >= 15 is 0 Å².